The zero-order valence-corrected chi connectivity index (χ0v) is 10.4. The standard InChI is InChI=1S/C4H11NO3S.K/c1-4(2,5)3-9(6,7)8;/h3,5H2,1-2H3,(H,6,7,8);/q;+1/p-1. The van der Waals surface area contributed by atoms with E-state index in [1.165, 1.54) is 13.8 Å². The molecule has 0 rings (SSSR count). The van der Waals surface area contributed by atoms with Gasteiger partial charge in [-0.1, -0.05) is 0 Å². The fraction of sp³-hybridized carbons (Fsp3) is 1.00. The minimum Gasteiger partial charge on any atom is -0.748 e. The Labute approximate surface area is 104 Å². The third-order valence-corrected chi connectivity index (χ3v) is 1.65. The first-order valence-electron chi connectivity index (χ1n) is 2.43. The Hall–Kier alpha value is 1.51. The van der Waals surface area contributed by atoms with E-state index >= 15 is 0 Å². The monoisotopic (exact) mass is 191 g/mol. The van der Waals surface area contributed by atoms with Crippen LogP contribution in [-0.4, -0.2) is 24.3 Å². The van der Waals surface area contributed by atoms with Crippen molar-refractivity contribution in [3.63, 3.8) is 0 Å². The first-order chi connectivity index (χ1) is 3.71. The number of rotatable bonds is 2. The van der Waals surface area contributed by atoms with Crippen molar-refractivity contribution in [2.45, 2.75) is 19.4 Å². The van der Waals surface area contributed by atoms with Crippen molar-refractivity contribution in [2.75, 3.05) is 5.75 Å². The molecule has 6 heteroatoms. The van der Waals surface area contributed by atoms with Gasteiger partial charge < -0.3 is 10.3 Å². The smallest absolute Gasteiger partial charge is 0.748 e. The Morgan fingerprint density at radius 3 is 1.80 bits per heavy atom. The molecule has 2 N–H and O–H groups in total. The summed E-state index contributed by atoms with van der Waals surface area (Å²) in [6, 6.07) is 0. The SMILES string of the molecule is CC(C)(N)CS(=O)(=O)[O-].[K+]. The third-order valence-electron chi connectivity index (χ3n) is 0.549. The van der Waals surface area contributed by atoms with Gasteiger partial charge in [0.05, 0.1) is 15.9 Å². The Morgan fingerprint density at radius 2 is 1.80 bits per heavy atom. The predicted molar refractivity (Wildman–Crippen MR) is 32.8 cm³/mol. The minimum absolute atomic E-state index is 0. The first-order valence-corrected chi connectivity index (χ1v) is 4.01. The molecule has 4 nitrogen and oxygen atoms in total. The van der Waals surface area contributed by atoms with Gasteiger partial charge in [-0.15, -0.1) is 0 Å². The molecule has 0 fully saturated rings. The molecule has 0 unspecified atom stereocenters. The maximum Gasteiger partial charge on any atom is 1.00 e. The number of nitrogens with two attached hydrogens (primary N) is 1. The van der Waals surface area contributed by atoms with Gasteiger partial charge in [0.15, 0.2) is 0 Å². The van der Waals surface area contributed by atoms with E-state index in [1.807, 2.05) is 0 Å². The van der Waals surface area contributed by atoms with E-state index in [0.717, 1.165) is 0 Å². The van der Waals surface area contributed by atoms with E-state index in [-0.39, 0.29) is 51.4 Å². The van der Waals surface area contributed by atoms with Gasteiger partial charge in [-0.05, 0) is 13.8 Å². The van der Waals surface area contributed by atoms with Gasteiger partial charge in [-0.25, -0.2) is 8.42 Å². The van der Waals surface area contributed by atoms with Gasteiger partial charge in [-0.3, -0.25) is 0 Å². The second-order valence-corrected chi connectivity index (χ2v) is 4.09. The normalized spacial score (nSPS) is 12.4. The summed E-state index contributed by atoms with van der Waals surface area (Å²) in [4.78, 5) is 0. The van der Waals surface area contributed by atoms with Crippen molar-refractivity contribution in [2.24, 2.45) is 5.73 Å². The molecule has 0 spiro atoms. The van der Waals surface area contributed by atoms with Crippen molar-refractivity contribution in [3.05, 3.63) is 0 Å². The van der Waals surface area contributed by atoms with Crippen LogP contribution in [0.2, 0.25) is 0 Å². The van der Waals surface area contributed by atoms with Gasteiger partial charge in [0, 0.05) is 5.54 Å². The van der Waals surface area contributed by atoms with Crippen LogP contribution >= 0.6 is 0 Å². The molecule has 0 radical (unpaired) electrons. The van der Waals surface area contributed by atoms with E-state index in [0.29, 0.717) is 0 Å². The van der Waals surface area contributed by atoms with Crippen molar-refractivity contribution in [1.82, 2.24) is 0 Å². The third kappa shape index (κ3) is 12.2. The van der Waals surface area contributed by atoms with Crippen LogP contribution in [0.5, 0.6) is 0 Å². The molecular weight excluding hydrogens is 181 g/mol. The van der Waals surface area contributed by atoms with Gasteiger partial charge in [-0.2, -0.15) is 0 Å². The maximum atomic E-state index is 10.0. The van der Waals surface area contributed by atoms with Crippen molar-refractivity contribution in [3.8, 4) is 0 Å². The van der Waals surface area contributed by atoms with Crippen molar-refractivity contribution in [1.29, 1.82) is 0 Å². The largest absolute Gasteiger partial charge is 1.00 e. The van der Waals surface area contributed by atoms with Crippen LogP contribution in [0.4, 0.5) is 0 Å². The molecule has 0 heterocycles. The molecule has 0 atom stereocenters. The number of hydrogen-bond acceptors (Lipinski definition) is 4. The van der Waals surface area contributed by atoms with E-state index in [9.17, 15) is 13.0 Å². The second kappa shape index (κ2) is 4.51. The van der Waals surface area contributed by atoms with Crippen LogP contribution in [0.3, 0.4) is 0 Å². The second-order valence-electron chi connectivity index (χ2n) is 2.69. The summed E-state index contributed by atoms with van der Waals surface area (Å²) < 4.78 is 30.0. The van der Waals surface area contributed by atoms with Crippen molar-refractivity contribution < 1.29 is 64.4 Å². The molecule has 0 aromatic rings. The summed E-state index contributed by atoms with van der Waals surface area (Å²) >= 11 is 0. The van der Waals surface area contributed by atoms with Crippen LogP contribution in [0.15, 0.2) is 0 Å². The average Bonchev–Trinajstić information content (AvgIpc) is 1.14. The van der Waals surface area contributed by atoms with Crippen molar-refractivity contribution >= 4 is 10.1 Å². The fourth-order valence-corrected chi connectivity index (χ4v) is 1.37. The molecule has 0 aromatic carbocycles. The van der Waals surface area contributed by atoms with Crippen LogP contribution in [0.25, 0.3) is 0 Å². The summed E-state index contributed by atoms with van der Waals surface area (Å²) in [6.07, 6.45) is 0. The Kier molecular flexibility index (Phi) is 6.34. The Balaban J connectivity index is 0. The average molecular weight is 191 g/mol. The van der Waals surface area contributed by atoms with Crippen LogP contribution in [0, 0.1) is 0 Å². The Morgan fingerprint density at radius 1 is 1.50 bits per heavy atom. The zero-order valence-electron chi connectivity index (χ0n) is 6.42. The van der Waals surface area contributed by atoms with Gasteiger partial charge in [0.1, 0.15) is 0 Å². The zero-order chi connectivity index (χ0) is 7.71. The first kappa shape index (κ1) is 14.1. The van der Waals surface area contributed by atoms with Crippen LogP contribution in [-0.2, 0) is 10.1 Å². The summed E-state index contributed by atoms with van der Waals surface area (Å²) in [5.41, 5.74) is 4.33. The van der Waals surface area contributed by atoms with E-state index in [1.54, 1.807) is 0 Å². The molecule has 0 amide bonds. The van der Waals surface area contributed by atoms with Crippen LogP contribution in [0.1, 0.15) is 13.8 Å². The summed E-state index contributed by atoms with van der Waals surface area (Å²) in [5.74, 6) is -0.514. The van der Waals surface area contributed by atoms with Gasteiger partial charge >= 0.3 is 51.4 Å². The topological polar surface area (TPSA) is 83.2 Å². The Bertz CT molecular complexity index is 181. The number of hydrogen-bond donors (Lipinski definition) is 1. The molecule has 0 saturated heterocycles. The molecule has 0 aliphatic carbocycles. The molecule has 0 aliphatic heterocycles. The van der Waals surface area contributed by atoms with Crippen LogP contribution < -0.4 is 57.1 Å². The minimum atomic E-state index is -4.16. The van der Waals surface area contributed by atoms with E-state index < -0.39 is 21.4 Å². The van der Waals surface area contributed by atoms with E-state index in [4.69, 9.17) is 5.73 Å². The van der Waals surface area contributed by atoms with E-state index in [2.05, 4.69) is 0 Å². The maximum absolute atomic E-state index is 10.0. The summed E-state index contributed by atoms with van der Waals surface area (Å²) in [5, 5.41) is 0. The fourth-order valence-electron chi connectivity index (χ4n) is 0.456. The summed E-state index contributed by atoms with van der Waals surface area (Å²) in [7, 11) is -4.16. The van der Waals surface area contributed by atoms with Gasteiger partial charge in [0.2, 0.25) is 0 Å². The molecular formula is C4H10KNO3S. The quantitative estimate of drug-likeness (QED) is 0.359. The molecule has 56 valence electrons. The molecule has 0 aromatic heterocycles. The predicted octanol–water partition coefficient (Wildman–Crippen LogP) is -3.73. The molecule has 0 saturated carbocycles. The summed E-state index contributed by atoms with van der Waals surface area (Å²) in [6.45, 7) is 2.98. The molecule has 0 aliphatic rings. The van der Waals surface area contributed by atoms with Gasteiger partial charge in [0.25, 0.3) is 0 Å². The molecule has 10 heavy (non-hydrogen) atoms. The molecule has 0 bridgehead atoms.